The first-order chi connectivity index (χ1) is 13.4. The van der Waals surface area contributed by atoms with E-state index in [0.29, 0.717) is 5.65 Å². The van der Waals surface area contributed by atoms with E-state index in [2.05, 4.69) is 68.9 Å². The van der Waals surface area contributed by atoms with Gasteiger partial charge in [-0.05, 0) is 70.5 Å². The van der Waals surface area contributed by atoms with Crippen LogP contribution in [0.25, 0.3) is 32.7 Å². The van der Waals surface area contributed by atoms with Crippen LogP contribution in [0.4, 0.5) is 0 Å². The zero-order valence-corrected chi connectivity index (χ0v) is 15.0. The number of hydrogen-bond donors (Lipinski definition) is 1. The molecule has 0 bridgehead atoms. The van der Waals surface area contributed by atoms with E-state index in [1.165, 1.54) is 47.2 Å². The van der Waals surface area contributed by atoms with Crippen molar-refractivity contribution in [2.45, 2.75) is 25.7 Å². The van der Waals surface area contributed by atoms with Crippen LogP contribution < -0.4 is 0 Å². The van der Waals surface area contributed by atoms with Crippen molar-refractivity contribution in [1.82, 2.24) is 20.4 Å². The van der Waals surface area contributed by atoms with Gasteiger partial charge < -0.3 is 0 Å². The second kappa shape index (κ2) is 6.80. The Bertz CT molecular complexity index is 1210. The van der Waals surface area contributed by atoms with Gasteiger partial charge in [0.1, 0.15) is 5.52 Å². The normalized spacial score (nSPS) is 13.3. The average Bonchev–Trinajstić information content (AvgIpc) is 3.23. The van der Waals surface area contributed by atoms with Gasteiger partial charge in [-0.2, -0.15) is 0 Å². The Kier molecular flexibility index (Phi) is 4.02. The van der Waals surface area contributed by atoms with Gasteiger partial charge in [0.2, 0.25) is 5.65 Å². The zero-order valence-electron chi connectivity index (χ0n) is 15.0. The number of nitrogens with one attached hydrogen (secondary N) is 1. The van der Waals surface area contributed by atoms with Gasteiger partial charge in [0.05, 0.1) is 0 Å². The van der Waals surface area contributed by atoms with Crippen LogP contribution in [-0.2, 0) is 12.8 Å². The molecular weight excluding hydrogens is 332 g/mol. The van der Waals surface area contributed by atoms with Crippen molar-refractivity contribution in [1.29, 1.82) is 0 Å². The van der Waals surface area contributed by atoms with Crippen molar-refractivity contribution in [2.24, 2.45) is 0 Å². The van der Waals surface area contributed by atoms with Crippen molar-refractivity contribution < 1.29 is 0 Å². The molecule has 2 heterocycles. The average molecular weight is 352 g/mol. The highest BCUT2D eigenvalue weighted by atomic mass is 15.3. The minimum atomic E-state index is 0.664. The van der Waals surface area contributed by atoms with Crippen LogP contribution in [0.5, 0.6) is 0 Å². The number of benzene rings is 3. The summed E-state index contributed by atoms with van der Waals surface area (Å²) in [6.45, 7) is 0. The van der Waals surface area contributed by atoms with Crippen molar-refractivity contribution in [3.8, 4) is 0 Å². The topological polar surface area (TPSA) is 54.5 Å². The quantitative estimate of drug-likeness (QED) is 0.389. The molecule has 4 nitrogen and oxygen atoms in total. The number of hydrogen-bond acceptors (Lipinski definition) is 3. The van der Waals surface area contributed by atoms with Crippen LogP contribution in [-0.4, -0.2) is 20.4 Å². The first-order valence-corrected chi connectivity index (χ1v) is 9.44. The highest BCUT2D eigenvalue weighted by molar-refractivity contribution is 6.08. The van der Waals surface area contributed by atoms with E-state index in [-0.39, 0.29) is 0 Å². The summed E-state index contributed by atoms with van der Waals surface area (Å²) in [5, 5.41) is 15.6. The van der Waals surface area contributed by atoms with E-state index < -0.39 is 0 Å². The van der Waals surface area contributed by atoms with E-state index in [1.807, 2.05) is 12.1 Å². The van der Waals surface area contributed by atoms with Crippen LogP contribution in [0.1, 0.15) is 24.0 Å². The zero-order chi connectivity index (χ0) is 18.1. The second-order valence-electron chi connectivity index (χ2n) is 6.98. The first kappa shape index (κ1) is 15.9. The molecule has 5 aromatic rings. The Morgan fingerprint density at radius 3 is 2.59 bits per heavy atom. The lowest BCUT2D eigenvalue weighted by Crippen LogP contribution is -2.02. The maximum absolute atomic E-state index is 3.94. The summed E-state index contributed by atoms with van der Waals surface area (Å²) in [6, 6.07) is 21.7. The Morgan fingerprint density at radius 1 is 0.741 bits per heavy atom. The summed E-state index contributed by atoms with van der Waals surface area (Å²) < 4.78 is 0. The van der Waals surface area contributed by atoms with Crippen molar-refractivity contribution in [3.63, 3.8) is 0 Å². The van der Waals surface area contributed by atoms with E-state index >= 15 is 0 Å². The fraction of sp³-hybridized carbons (Fsp3) is 0.174. The largest absolute Gasteiger partial charge is 0.256 e. The third-order valence-corrected chi connectivity index (χ3v) is 5.36. The van der Waals surface area contributed by atoms with Crippen molar-refractivity contribution >= 4 is 32.7 Å². The predicted molar refractivity (Wildman–Crippen MR) is 110 cm³/mol. The Hall–Kier alpha value is -3.27. The number of rotatable bonds is 0. The molecule has 3 aromatic carbocycles. The van der Waals surface area contributed by atoms with Crippen molar-refractivity contribution in [2.75, 3.05) is 0 Å². The fourth-order valence-electron chi connectivity index (χ4n) is 4.03. The minimum Gasteiger partial charge on any atom is -0.256 e. The molecule has 4 heteroatoms. The third kappa shape index (κ3) is 2.93. The van der Waals surface area contributed by atoms with Gasteiger partial charge in [0.15, 0.2) is 0 Å². The summed E-state index contributed by atoms with van der Waals surface area (Å²) in [5.41, 5.74) is 4.71. The van der Waals surface area contributed by atoms with Gasteiger partial charge in [-0.25, -0.2) is 4.98 Å². The highest BCUT2D eigenvalue weighted by Crippen LogP contribution is 2.33. The number of aromatic amines is 1. The van der Waals surface area contributed by atoms with Crippen LogP contribution in [0, 0.1) is 0 Å². The maximum Gasteiger partial charge on any atom is 0.201 e. The molecule has 0 amide bonds. The van der Waals surface area contributed by atoms with Gasteiger partial charge in [0.25, 0.3) is 0 Å². The number of H-pyrrole nitrogens is 1. The smallest absolute Gasteiger partial charge is 0.201 e. The lowest BCUT2D eigenvalue weighted by atomic mass is 9.86. The molecule has 0 spiro atoms. The molecule has 1 aliphatic rings. The molecule has 0 unspecified atom stereocenters. The van der Waals surface area contributed by atoms with Crippen LogP contribution >= 0.6 is 0 Å². The van der Waals surface area contributed by atoms with Crippen LogP contribution in [0.3, 0.4) is 0 Å². The molecule has 2 aromatic heterocycles. The number of aromatic nitrogens is 4. The van der Waals surface area contributed by atoms with Gasteiger partial charge in [-0.15, -0.1) is 5.10 Å². The minimum absolute atomic E-state index is 0.664. The van der Waals surface area contributed by atoms with E-state index in [1.54, 1.807) is 17.3 Å². The molecule has 0 saturated heterocycles. The number of aryl methyl sites for hydroxylation is 2. The first-order valence-electron chi connectivity index (χ1n) is 9.44. The second-order valence-corrected chi connectivity index (χ2v) is 6.98. The molecule has 0 fully saturated rings. The molecule has 0 aliphatic heterocycles. The molecular formula is C23H20N4. The maximum atomic E-state index is 3.94. The van der Waals surface area contributed by atoms with E-state index in [4.69, 9.17) is 0 Å². The molecule has 6 rings (SSSR count). The van der Waals surface area contributed by atoms with Crippen LogP contribution in [0.2, 0.25) is 0 Å². The Morgan fingerprint density at radius 2 is 1.63 bits per heavy atom. The number of fused-ring (bicyclic) bond motifs is 6. The Labute approximate surface area is 157 Å². The molecule has 27 heavy (non-hydrogen) atoms. The molecule has 1 aliphatic carbocycles. The SMILES string of the molecule is c1ccc2c(c1)ccc1c3c(ccc12)CCCC3.c1cnc2nn[nH]c2c1. The lowest BCUT2D eigenvalue weighted by molar-refractivity contribution is 0.690. The monoisotopic (exact) mass is 352 g/mol. The van der Waals surface area contributed by atoms with E-state index in [9.17, 15) is 0 Å². The molecule has 0 saturated carbocycles. The summed E-state index contributed by atoms with van der Waals surface area (Å²) in [7, 11) is 0. The summed E-state index contributed by atoms with van der Waals surface area (Å²) >= 11 is 0. The van der Waals surface area contributed by atoms with Crippen molar-refractivity contribution in [3.05, 3.63) is 78.0 Å². The third-order valence-electron chi connectivity index (χ3n) is 5.36. The predicted octanol–water partition coefficient (Wildman–Crippen LogP) is 5.22. The van der Waals surface area contributed by atoms with Gasteiger partial charge in [-0.1, -0.05) is 53.7 Å². The number of pyridine rings is 1. The van der Waals surface area contributed by atoms with E-state index in [0.717, 1.165) is 5.52 Å². The highest BCUT2D eigenvalue weighted by Gasteiger charge is 2.13. The van der Waals surface area contributed by atoms with Gasteiger partial charge in [0, 0.05) is 6.20 Å². The summed E-state index contributed by atoms with van der Waals surface area (Å²) in [6.07, 6.45) is 6.90. The summed E-state index contributed by atoms with van der Waals surface area (Å²) in [4.78, 5) is 3.94. The lowest BCUT2D eigenvalue weighted by Gasteiger charge is -2.18. The van der Waals surface area contributed by atoms with Gasteiger partial charge >= 0.3 is 0 Å². The molecule has 0 atom stereocenters. The molecule has 132 valence electrons. The number of nitrogens with zero attached hydrogens (tertiary/aromatic N) is 3. The van der Waals surface area contributed by atoms with Crippen LogP contribution in [0.15, 0.2) is 66.9 Å². The summed E-state index contributed by atoms with van der Waals surface area (Å²) in [5.74, 6) is 0. The Balaban J connectivity index is 0.000000149. The molecule has 0 radical (unpaired) electrons. The standard InChI is InChI=1S/C18H16.C5H4N4/c1-3-7-15-13(5-1)9-11-18-16-8-4-2-6-14(16)10-12-17(15)18;1-2-4-5(6-3-1)8-9-7-4/h1,3,5,7,9-12H,2,4,6,8H2;1-3H,(H,6,7,8,9). The fourth-order valence-corrected chi connectivity index (χ4v) is 4.03. The van der Waals surface area contributed by atoms with Gasteiger partial charge in [-0.3, -0.25) is 5.10 Å². The molecule has 1 N–H and O–H groups in total.